The zero-order valence-corrected chi connectivity index (χ0v) is 10.8. The number of guanidine groups is 1. The van der Waals surface area contributed by atoms with Crippen LogP contribution in [-0.2, 0) is 0 Å². The lowest BCUT2D eigenvalue weighted by Gasteiger charge is -2.20. The van der Waals surface area contributed by atoms with Gasteiger partial charge in [-0.15, -0.1) is 5.10 Å². The largest absolute Gasteiger partial charge is 0.357 e. The Bertz CT molecular complexity index is 223. The van der Waals surface area contributed by atoms with Crippen LogP contribution in [0.3, 0.4) is 0 Å². The van der Waals surface area contributed by atoms with Crippen LogP contribution in [0.1, 0.15) is 19.8 Å². The van der Waals surface area contributed by atoms with Crippen LogP contribution in [0.4, 0.5) is 0 Å². The number of unbranched alkanes of at least 4 members (excludes halogenated alkanes) is 1. The molecular formula is C10H24N6. The van der Waals surface area contributed by atoms with Gasteiger partial charge >= 0.3 is 0 Å². The summed E-state index contributed by atoms with van der Waals surface area (Å²) in [5.41, 5.74) is 0. The van der Waals surface area contributed by atoms with E-state index in [9.17, 15) is 0 Å². The molecule has 0 aromatic carbocycles. The minimum Gasteiger partial charge on any atom is -0.357 e. The maximum absolute atomic E-state index is 5.83. The van der Waals surface area contributed by atoms with Crippen LogP contribution in [0, 0.1) is 0 Å². The van der Waals surface area contributed by atoms with E-state index in [0.717, 1.165) is 19.4 Å². The van der Waals surface area contributed by atoms with E-state index in [2.05, 4.69) is 27.3 Å². The molecule has 0 aliphatic heterocycles. The molecule has 0 spiro atoms. The first-order chi connectivity index (χ1) is 7.61. The van der Waals surface area contributed by atoms with Gasteiger partial charge < -0.3 is 10.2 Å². The van der Waals surface area contributed by atoms with Gasteiger partial charge in [0.25, 0.3) is 0 Å². The highest BCUT2D eigenvalue weighted by molar-refractivity contribution is 5.79. The van der Waals surface area contributed by atoms with E-state index in [0.29, 0.717) is 12.5 Å². The summed E-state index contributed by atoms with van der Waals surface area (Å²) in [5.74, 6) is 6.41. The molecule has 0 aromatic heterocycles. The van der Waals surface area contributed by atoms with E-state index in [4.69, 9.17) is 5.84 Å². The molecule has 0 saturated carbocycles. The maximum atomic E-state index is 5.83. The summed E-state index contributed by atoms with van der Waals surface area (Å²) >= 11 is 0. The Morgan fingerprint density at radius 1 is 1.38 bits per heavy atom. The van der Waals surface area contributed by atoms with Crippen molar-refractivity contribution in [2.24, 2.45) is 16.0 Å². The molecule has 3 N–H and O–H groups in total. The average Bonchev–Trinajstić information content (AvgIpc) is 2.26. The van der Waals surface area contributed by atoms with Crippen molar-refractivity contribution in [2.75, 3.05) is 34.2 Å². The second-order valence-electron chi connectivity index (χ2n) is 3.76. The first-order valence-corrected chi connectivity index (χ1v) is 5.56. The fourth-order valence-electron chi connectivity index (χ4n) is 0.947. The predicted octanol–water partition coefficient (Wildman–Crippen LogP) is 0.0850. The van der Waals surface area contributed by atoms with Gasteiger partial charge in [-0.05, 0) is 20.5 Å². The standard InChI is InChI=1S/C10H24N6/c1-5-6-7-13-14-10(12-2)16(11)9-8-15(3)4/h7H,5-6,8-9,11H2,1-4H3,(H,12,14)/b13-7+. The number of nitrogens with two attached hydrogens (primary N) is 1. The molecule has 0 aliphatic rings. The predicted molar refractivity (Wildman–Crippen MR) is 69.3 cm³/mol. The molecule has 0 amide bonds. The van der Waals surface area contributed by atoms with Crippen LogP contribution in [0.25, 0.3) is 0 Å². The molecule has 0 atom stereocenters. The number of rotatable bonds is 6. The van der Waals surface area contributed by atoms with Crippen molar-refractivity contribution in [3.63, 3.8) is 0 Å². The Morgan fingerprint density at radius 3 is 2.56 bits per heavy atom. The quantitative estimate of drug-likeness (QED) is 0.292. The maximum Gasteiger partial charge on any atom is 0.233 e. The summed E-state index contributed by atoms with van der Waals surface area (Å²) in [6.45, 7) is 3.67. The summed E-state index contributed by atoms with van der Waals surface area (Å²) in [5, 5.41) is 12.4. The van der Waals surface area contributed by atoms with Gasteiger partial charge in [-0.1, -0.05) is 13.3 Å². The van der Waals surface area contributed by atoms with E-state index >= 15 is 0 Å². The Balaban J connectivity index is 4.13. The van der Waals surface area contributed by atoms with Gasteiger partial charge in [-0.25, -0.2) is 5.84 Å². The summed E-state index contributed by atoms with van der Waals surface area (Å²) in [6, 6.07) is 0. The molecule has 0 aromatic rings. The number of hydrogen-bond donors (Lipinski definition) is 2. The molecule has 6 nitrogen and oxygen atoms in total. The van der Waals surface area contributed by atoms with Gasteiger partial charge in [0.05, 0.1) is 0 Å². The molecule has 0 heterocycles. The third kappa shape index (κ3) is 7.19. The summed E-state index contributed by atoms with van der Waals surface area (Å²) in [4.78, 5) is 2.06. The van der Waals surface area contributed by atoms with Gasteiger partial charge in [0, 0.05) is 26.4 Å². The second kappa shape index (κ2) is 9.11. The zero-order valence-electron chi connectivity index (χ0n) is 10.8. The van der Waals surface area contributed by atoms with E-state index in [1.54, 1.807) is 18.3 Å². The van der Waals surface area contributed by atoms with Crippen molar-refractivity contribution >= 4 is 12.2 Å². The van der Waals surface area contributed by atoms with Crippen molar-refractivity contribution in [1.82, 2.24) is 15.2 Å². The van der Waals surface area contributed by atoms with Crippen LogP contribution in [-0.4, -0.2) is 56.3 Å². The van der Waals surface area contributed by atoms with E-state index in [-0.39, 0.29) is 0 Å². The van der Waals surface area contributed by atoms with Gasteiger partial charge in [0.1, 0.15) is 0 Å². The van der Waals surface area contributed by atoms with Gasteiger partial charge in [0.2, 0.25) is 5.96 Å². The van der Waals surface area contributed by atoms with E-state index in [1.165, 1.54) is 0 Å². The van der Waals surface area contributed by atoms with Gasteiger partial charge in [-0.2, -0.15) is 5.10 Å². The third-order valence-corrected chi connectivity index (χ3v) is 1.94. The summed E-state index contributed by atoms with van der Waals surface area (Å²) in [7, 11) is 5.79. The first-order valence-electron chi connectivity index (χ1n) is 5.56. The molecule has 0 fully saturated rings. The molecule has 94 valence electrons. The van der Waals surface area contributed by atoms with E-state index in [1.807, 2.05) is 14.1 Å². The lowest BCUT2D eigenvalue weighted by Crippen LogP contribution is -2.47. The molecule has 0 unspecified atom stereocenters. The number of nitrogens with zero attached hydrogens (tertiary/aromatic N) is 4. The highest BCUT2D eigenvalue weighted by atomic mass is 15.5. The Morgan fingerprint density at radius 2 is 2.06 bits per heavy atom. The summed E-state index contributed by atoms with van der Waals surface area (Å²) < 4.78 is 0. The van der Waals surface area contributed by atoms with Crippen molar-refractivity contribution < 1.29 is 0 Å². The molecular weight excluding hydrogens is 204 g/mol. The van der Waals surface area contributed by atoms with Crippen molar-refractivity contribution in [3.8, 4) is 0 Å². The van der Waals surface area contributed by atoms with E-state index < -0.39 is 0 Å². The Labute approximate surface area is 98.2 Å². The molecule has 0 radical (unpaired) electrons. The SMILES string of the molecule is CCC/C=N/N=C(\NC)N(N)CCN(C)C. The number of nitrogens with one attached hydrogen (secondary N) is 1. The van der Waals surface area contributed by atoms with Crippen molar-refractivity contribution in [3.05, 3.63) is 0 Å². The van der Waals surface area contributed by atoms with Gasteiger partial charge in [0.15, 0.2) is 0 Å². The third-order valence-electron chi connectivity index (χ3n) is 1.94. The zero-order chi connectivity index (χ0) is 12.4. The smallest absolute Gasteiger partial charge is 0.233 e. The van der Waals surface area contributed by atoms with Crippen LogP contribution < -0.4 is 11.2 Å². The minimum absolute atomic E-state index is 0.578. The lowest BCUT2D eigenvalue weighted by molar-refractivity contribution is 0.330. The highest BCUT2D eigenvalue weighted by Crippen LogP contribution is 1.86. The van der Waals surface area contributed by atoms with Crippen LogP contribution in [0.2, 0.25) is 0 Å². The highest BCUT2D eigenvalue weighted by Gasteiger charge is 2.04. The molecule has 0 saturated heterocycles. The minimum atomic E-state index is 0.578. The topological polar surface area (TPSA) is 69.2 Å². The molecule has 0 bridgehead atoms. The average molecular weight is 228 g/mol. The molecule has 6 heteroatoms. The Kier molecular flexibility index (Phi) is 8.46. The second-order valence-corrected chi connectivity index (χ2v) is 3.76. The number of hydrogen-bond acceptors (Lipinski definition) is 4. The van der Waals surface area contributed by atoms with Crippen LogP contribution in [0.15, 0.2) is 10.2 Å². The van der Waals surface area contributed by atoms with Gasteiger partial charge in [-0.3, -0.25) is 5.01 Å². The molecule has 0 aliphatic carbocycles. The number of hydrazine groups is 1. The first kappa shape index (κ1) is 14.9. The van der Waals surface area contributed by atoms with Crippen LogP contribution >= 0.6 is 0 Å². The fraction of sp³-hybridized carbons (Fsp3) is 0.800. The summed E-state index contributed by atoms with van der Waals surface area (Å²) in [6.07, 6.45) is 3.79. The Hall–Kier alpha value is -1.14. The lowest BCUT2D eigenvalue weighted by atomic mass is 10.4. The molecule has 0 rings (SSSR count). The van der Waals surface area contributed by atoms with Crippen molar-refractivity contribution in [2.45, 2.75) is 19.8 Å². The monoisotopic (exact) mass is 228 g/mol. The van der Waals surface area contributed by atoms with Crippen LogP contribution in [0.5, 0.6) is 0 Å². The normalized spacial score (nSPS) is 12.5. The fourth-order valence-corrected chi connectivity index (χ4v) is 0.947. The number of likely N-dealkylation sites (N-methyl/N-ethyl adjacent to an activating group) is 1. The molecule has 16 heavy (non-hydrogen) atoms. The van der Waals surface area contributed by atoms with Crippen molar-refractivity contribution in [1.29, 1.82) is 0 Å².